The topological polar surface area (TPSA) is 34.1 Å². The van der Waals surface area contributed by atoms with Crippen LogP contribution in [0.3, 0.4) is 0 Å². The van der Waals surface area contributed by atoms with Crippen LogP contribution >= 0.6 is 0 Å². The van der Waals surface area contributed by atoms with Crippen molar-refractivity contribution in [2.75, 3.05) is 13.7 Å². The van der Waals surface area contributed by atoms with Gasteiger partial charge in [-0.05, 0) is 48.2 Å². The average Bonchev–Trinajstić information content (AvgIpc) is 2.46. The summed E-state index contributed by atoms with van der Waals surface area (Å²) < 4.78 is 5.31. The van der Waals surface area contributed by atoms with Crippen molar-refractivity contribution >= 4 is 0 Å². The molecule has 1 aliphatic rings. The first kappa shape index (κ1) is 12.2. The first-order valence-corrected chi connectivity index (χ1v) is 6.61. The Morgan fingerprint density at radius 1 is 1.32 bits per heavy atom. The third-order valence-electron chi connectivity index (χ3n) is 3.73. The number of nitrogens with zero attached hydrogens (tertiary/aromatic N) is 1. The Morgan fingerprint density at radius 3 is 3.00 bits per heavy atom. The molecule has 98 valence electrons. The molecule has 0 spiro atoms. The minimum atomic E-state index is 0.191. The van der Waals surface area contributed by atoms with E-state index in [1.54, 1.807) is 7.11 Å². The molecule has 0 bridgehead atoms. The zero-order valence-corrected chi connectivity index (χ0v) is 11.3. The van der Waals surface area contributed by atoms with Gasteiger partial charge >= 0.3 is 0 Å². The molecular weight excluding hydrogens is 236 g/mol. The standard InChI is InChI=1S/C16H18N2O/c1-11-4-3-8-17-15(11)16-14-6-5-13(19-2)10-12(14)7-9-18-16/h3-6,8,10,16,18H,7,9H2,1-2H3. The Hall–Kier alpha value is -1.87. The van der Waals surface area contributed by atoms with Crippen LogP contribution in [0.5, 0.6) is 5.75 Å². The largest absolute Gasteiger partial charge is 0.497 e. The van der Waals surface area contributed by atoms with Crippen LogP contribution in [0.2, 0.25) is 0 Å². The molecule has 1 aliphatic heterocycles. The van der Waals surface area contributed by atoms with E-state index in [1.807, 2.05) is 18.3 Å². The summed E-state index contributed by atoms with van der Waals surface area (Å²) in [5.74, 6) is 0.928. The lowest BCUT2D eigenvalue weighted by atomic mass is 9.90. The molecule has 19 heavy (non-hydrogen) atoms. The molecule has 1 aromatic heterocycles. The molecular formula is C16H18N2O. The Morgan fingerprint density at radius 2 is 2.21 bits per heavy atom. The van der Waals surface area contributed by atoms with Crippen molar-refractivity contribution < 1.29 is 4.74 Å². The van der Waals surface area contributed by atoms with Gasteiger partial charge in [0, 0.05) is 12.7 Å². The summed E-state index contributed by atoms with van der Waals surface area (Å²) in [5, 5.41) is 3.57. The number of benzene rings is 1. The lowest BCUT2D eigenvalue weighted by molar-refractivity contribution is 0.413. The average molecular weight is 254 g/mol. The van der Waals surface area contributed by atoms with Gasteiger partial charge in [-0.1, -0.05) is 12.1 Å². The second-order valence-electron chi connectivity index (χ2n) is 4.91. The van der Waals surface area contributed by atoms with Gasteiger partial charge in [0.15, 0.2) is 0 Å². The van der Waals surface area contributed by atoms with E-state index >= 15 is 0 Å². The molecule has 0 aliphatic carbocycles. The zero-order valence-electron chi connectivity index (χ0n) is 11.3. The number of nitrogens with one attached hydrogen (secondary N) is 1. The summed E-state index contributed by atoms with van der Waals surface area (Å²) in [6.45, 7) is 3.09. The molecule has 2 aromatic rings. The lowest BCUT2D eigenvalue weighted by Crippen LogP contribution is -2.31. The van der Waals surface area contributed by atoms with Crippen LogP contribution in [0, 0.1) is 6.92 Å². The molecule has 3 heteroatoms. The highest BCUT2D eigenvalue weighted by Crippen LogP contribution is 2.31. The van der Waals surface area contributed by atoms with E-state index in [2.05, 4.69) is 35.4 Å². The summed E-state index contributed by atoms with van der Waals surface area (Å²) in [5.41, 5.74) is 5.01. The second kappa shape index (κ2) is 5.02. The molecule has 3 rings (SSSR count). The number of methoxy groups -OCH3 is 1. The third kappa shape index (κ3) is 2.22. The highest BCUT2D eigenvalue weighted by Gasteiger charge is 2.23. The Bertz CT molecular complexity index is 595. The lowest BCUT2D eigenvalue weighted by Gasteiger charge is -2.27. The van der Waals surface area contributed by atoms with E-state index in [-0.39, 0.29) is 6.04 Å². The van der Waals surface area contributed by atoms with E-state index in [0.29, 0.717) is 0 Å². The molecule has 3 nitrogen and oxygen atoms in total. The van der Waals surface area contributed by atoms with Crippen LogP contribution in [0.15, 0.2) is 36.5 Å². The highest BCUT2D eigenvalue weighted by atomic mass is 16.5. The van der Waals surface area contributed by atoms with Gasteiger partial charge in [0.25, 0.3) is 0 Å². The van der Waals surface area contributed by atoms with Crippen molar-refractivity contribution in [1.29, 1.82) is 0 Å². The SMILES string of the molecule is COc1ccc2c(c1)CCNC2c1ncccc1C. The first-order valence-electron chi connectivity index (χ1n) is 6.61. The maximum absolute atomic E-state index is 5.31. The molecule has 0 saturated heterocycles. The number of pyridine rings is 1. The predicted octanol–water partition coefficient (Wildman–Crippen LogP) is 2.63. The number of aromatic nitrogens is 1. The van der Waals surface area contributed by atoms with Crippen LogP contribution < -0.4 is 10.1 Å². The fraction of sp³-hybridized carbons (Fsp3) is 0.312. The summed E-state index contributed by atoms with van der Waals surface area (Å²) in [4.78, 5) is 4.55. The van der Waals surface area contributed by atoms with E-state index in [9.17, 15) is 0 Å². The van der Waals surface area contributed by atoms with Gasteiger partial charge in [0.05, 0.1) is 18.8 Å². The molecule has 2 heterocycles. The third-order valence-corrected chi connectivity index (χ3v) is 3.73. The van der Waals surface area contributed by atoms with E-state index < -0.39 is 0 Å². The van der Waals surface area contributed by atoms with Crippen LogP contribution in [-0.2, 0) is 6.42 Å². The number of aryl methyl sites for hydroxylation is 1. The highest BCUT2D eigenvalue weighted by molar-refractivity contribution is 5.43. The fourth-order valence-electron chi connectivity index (χ4n) is 2.71. The van der Waals surface area contributed by atoms with Gasteiger partial charge < -0.3 is 10.1 Å². The number of hydrogen-bond donors (Lipinski definition) is 1. The molecule has 0 radical (unpaired) electrons. The zero-order chi connectivity index (χ0) is 13.2. The summed E-state index contributed by atoms with van der Waals surface area (Å²) in [6.07, 6.45) is 2.90. The number of hydrogen-bond acceptors (Lipinski definition) is 3. The minimum absolute atomic E-state index is 0.191. The van der Waals surface area contributed by atoms with E-state index in [4.69, 9.17) is 4.74 Å². The molecule has 1 atom stereocenters. The van der Waals surface area contributed by atoms with Crippen LogP contribution in [0.4, 0.5) is 0 Å². The van der Waals surface area contributed by atoms with Gasteiger partial charge in [-0.15, -0.1) is 0 Å². The minimum Gasteiger partial charge on any atom is -0.497 e. The van der Waals surface area contributed by atoms with E-state index in [1.165, 1.54) is 16.7 Å². The normalized spacial score (nSPS) is 17.9. The van der Waals surface area contributed by atoms with Gasteiger partial charge in [0.1, 0.15) is 5.75 Å². The molecule has 0 amide bonds. The molecule has 0 fully saturated rings. The predicted molar refractivity (Wildman–Crippen MR) is 75.5 cm³/mol. The Labute approximate surface area is 113 Å². The van der Waals surface area contributed by atoms with Crippen molar-refractivity contribution in [3.63, 3.8) is 0 Å². The van der Waals surface area contributed by atoms with E-state index in [0.717, 1.165) is 24.4 Å². The number of fused-ring (bicyclic) bond motifs is 1. The maximum atomic E-state index is 5.31. The van der Waals surface area contributed by atoms with Crippen molar-refractivity contribution in [3.8, 4) is 5.75 Å². The number of rotatable bonds is 2. The maximum Gasteiger partial charge on any atom is 0.119 e. The molecule has 1 N–H and O–H groups in total. The van der Waals surface area contributed by atoms with Gasteiger partial charge in [-0.3, -0.25) is 4.98 Å². The Kier molecular flexibility index (Phi) is 3.22. The summed E-state index contributed by atoms with van der Waals surface area (Å²) in [6, 6.07) is 10.6. The molecule has 0 saturated carbocycles. The summed E-state index contributed by atoms with van der Waals surface area (Å²) >= 11 is 0. The smallest absolute Gasteiger partial charge is 0.119 e. The summed E-state index contributed by atoms with van der Waals surface area (Å²) in [7, 11) is 1.71. The van der Waals surface area contributed by atoms with Crippen LogP contribution in [-0.4, -0.2) is 18.6 Å². The van der Waals surface area contributed by atoms with Crippen molar-refractivity contribution in [2.45, 2.75) is 19.4 Å². The molecule has 1 unspecified atom stereocenters. The fourth-order valence-corrected chi connectivity index (χ4v) is 2.71. The van der Waals surface area contributed by atoms with Crippen LogP contribution in [0.25, 0.3) is 0 Å². The first-order chi connectivity index (χ1) is 9.29. The monoisotopic (exact) mass is 254 g/mol. The van der Waals surface area contributed by atoms with Gasteiger partial charge in [-0.25, -0.2) is 0 Å². The van der Waals surface area contributed by atoms with Crippen LogP contribution in [0.1, 0.15) is 28.4 Å². The molecule has 1 aromatic carbocycles. The number of ether oxygens (including phenoxy) is 1. The van der Waals surface area contributed by atoms with Crippen molar-refractivity contribution in [2.24, 2.45) is 0 Å². The van der Waals surface area contributed by atoms with Crippen molar-refractivity contribution in [1.82, 2.24) is 10.3 Å². The second-order valence-corrected chi connectivity index (χ2v) is 4.91. The Balaban J connectivity index is 2.06. The van der Waals surface area contributed by atoms with Gasteiger partial charge in [0.2, 0.25) is 0 Å². The quantitative estimate of drug-likeness (QED) is 0.894. The van der Waals surface area contributed by atoms with Crippen molar-refractivity contribution in [3.05, 3.63) is 58.9 Å². The van der Waals surface area contributed by atoms with Gasteiger partial charge in [-0.2, -0.15) is 0 Å².